The average molecular weight is 380 g/mol. The summed E-state index contributed by atoms with van der Waals surface area (Å²) in [6.45, 7) is 0.731. The van der Waals surface area contributed by atoms with Crippen molar-refractivity contribution in [1.29, 1.82) is 0 Å². The minimum atomic E-state index is -0.636. The van der Waals surface area contributed by atoms with Gasteiger partial charge in [-0.15, -0.1) is 0 Å². The van der Waals surface area contributed by atoms with Crippen molar-refractivity contribution >= 4 is 28.6 Å². The van der Waals surface area contributed by atoms with E-state index in [0.717, 1.165) is 43.9 Å². The number of amides is 3. The number of carbonyl (C=O) groups is 3. The van der Waals surface area contributed by atoms with Crippen LogP contribution in [0.3, 0.4) is 0 Å². The normalized spacial score (nSPS) is 19.4. The van der Waals surface area contributed by atoms with Crippen LogP contribution in [0, 0.1) is 0 Å². The van der Waals surface area contributed by atoms with E-state index in [1.54, 1.807) is 6.07 Å². The molecular weight excluding hydrogens is 354 g/mol. The van der Waals surface area contributed by atoms with Gasteiger partial charge in [0.1, 0.15) is 0 Å². The summed E-state index contributed by atoms with van der Waals surface area (Å²) in [4.78, 5) is 43.7. The first-order chi connectivity index (χ1) is 13.6. The van der Waals surface area contributed by atoms with Crippen molar-refractivity contribution in [3.63, 3.8) is 0 Å². The number of likely N-dealkylation sites (tertiary alicyclic amines) is 1. The van der Waals surface area contributed by atoms with E-state index in [0.29, 0.717) is 18.6 Å². The topological polar surface area (TPSA) is 76.1 Å². The lowest BCUT2D eigenvalue weighted by atomic mass is 9.95. The number of benzene rings is 1. The van der Waals surface area contributed by atoms with Crippen molar-refractivity contribution in [3.05, 3.63) is 42.1 Å². The molecule has 3 amide bonds. The molecule has 1 aromatic heterocycles. The highest BCUT2D eigenvalue weighted by Gasteiger charge is 2.51. The summed E-state index contributed by atoms with van der Waals surface area (Å²) in [5, 5.41) is 3.82. The zero-order valence-corrected chi connectivity index (χ0v) is 16.0. The summed E-state index contributed by atoms with van der Waals surface area (Å²) >= 11 is 0. The van der Waals surface area contributed by atoms with Gasteiger partial charge in [0, 0.05) is 24.3 Å². The van der Waals surface area contributed by atoms with Crippen molar-refractivity contribution in [1.82, 2.24) is 10.3 Å². The monoisotopic (exact) mass is 380 g/mol. The lowest BCUT2D eigenvalue weighted by molar-refractivity contribution is -0.755. The fourth-order valence-corrected chi connectivity index (χ4v) is 4.47. The van der Waals surface area contributed by atoms with Gasteiger partial charge in [0.25, 0.3) is 0 Å². The highest BCUT2D eigenvalue weighted by molar-refractivity contribution is 6.34. The Morgan fingerprint density at radius 2 is 1.61 bits per heavy atom. The molecule has 0 atom stereocenters. The van der Waals surface area contributed by atoms with Gasteiger partial charge in [-0.2, -0.15) is 4.48 Å². The Labute approximate surface area is 164 Å². The fourth-order valence-electron chi connectivity index (χ4n) is 4.47. The number of nitrogens with one attached hydrogen (secondary N) is 1. The third-order valence-corrected chi connectivity index (χ3v) is 6.06. The van der Waals surface area contributed by atoms with Gasteiger partial charge in [-0.25, -0.2) is 14.6 Å². The van der Waals surface area contributed by atoms with Gasteiger partial charge in [0.15, 0.2) is 5.69 Å². The van der Waals surface area contributed by atoms with Crippen molar-refractivity contribution in [2.24, 2.45) is 0 Å². The van der Waals surface area contributed by atoms with E-state index in [2.05, 4.69) is 10.3 Å². The van der Waals surface area contributed by atoms with E-state index in [1.807, 2.05) is 30.3 Å². The molecule has 0 spiro atoms. The van der Waals surface area contributed by atoms with Gasteiger partial charge >= 0.3 is 17.7 Å². The number of carbonyl (C=O) groups excluding carboxylic acids is 3. The number of pyridine rings is 1. The van der Waals surface area contributed by atoms with E-state index < -0.39 is 16.3 Å². The highest BCUT2D eigenvalue weighted by atomic mass is 16.2. The maximum absolute atomic E-state index is 13.4. The Morgan fingerprint density at radius 3 is 2.36 bits per heavy atom. The van der Waals surface area contributed by atoms with Crippen LogP contribution in [0.2, 0.25) is 0 Å². The first-order valence-electron chi connectivity index (χ1n) is 10.2. The Balaban J connectivity index is 1.59. The Kier molecular flexibility index (Phi) is 5.22. The molecule has 1 aliphatic carbocycles. The van der Waals surface area contributed by atoms with Crippen LogP contribution >= 0.6 is 0 Å². The molecule has 4 rings (SSSR count). The van der Waals surface area contributed by atoms with E-state index >= 15 is 0 Å². The summed E-state index contributed by atoms with van der Waals surface area (Å²) in [7, 11) is 0. The quantitative estimate of drug-likeness (QED) is 0.642. The number of quaternary nitrogens is 1. The first kappa shape index (κ1) is 18.7. The zero-order chi connectivity index (χ0) is 19.6. The summed E-state index contributed by atoms with van der Waals surface area (Å²) < 4.78 is -0.441. The maximum atomic E-state index is 13.4. The van der Waals surface area contributed by atoms with Crippen LogP contribution in [0.4, 0.5) is 0 Å². The summed E-state index contributed by atoms with van der Waals surface area (Å²) in [5.74, 6) is -1.63. The first-order valence-corrected chi connectivity index (χ1v) is 10.2. The molecule has 28 heavy (non-hydrogen) atoms. The second kappa shape index (κ2) is 7.80. The highest BCUT2D eigenvalue weighted by Crippen LogP contribution is 2.25. The Morgan fingerprint density at radius 1 is 0.893 bits per heavy atom. The summed E-state index contributed by atoms with van der Waals surface area (Å²) in [6.07, 6.45) is 6.62. The van der Waals surface area contributed by atoms with Crippen LogP contribution in [-0.2, 0) is 9.59 Å². The number of aromatic nitrogens is 1. The van der Waals surface area contributed by atoms with Gasteiger partial charge in [0.05, 0.1) is 18.6 Å². The second-order valence-electron chi connectivity index (χ2n) is 7.93. The lowest BCUT2D eigenvalue weighted by Crippen LogP contribution is -2.60. The van der Waals surface area contributed by atoms with Crippen molar-refractivity contribution in [3.8, 4) is 0 Å². The molecule has 146 valence electrons. The van der Waals surface area contributed by atoms with Crippen LogP contribution in [-0.4, -0.2) is 46.3 Å². The number of para-hydroxylation sites is 1. The number of rotatable bonds is 2. The maximum Gasteiger partial charge on any atom is 0.411 e. The molecule has 2 fully saturated rings. The molecule has 1 aromatic carbocycles. The van der Waals surface area contributed by atoms with Crippen LogP contribution in [0.1, 0.15) is 55.4 Å². The van der Waals surface area contributed by atoms with E-state index in [1.165, 1.54) is 6.42 Å². The predicted octanol–water partition coefficient (Wildman–Crippen LogP) is 2.96. The molecule has 6 heteroatoms. The van der Waals surface area contributed by atoms with Crippen molar-refractivity contribution in [2.45, 2.75) is 51.0 Å². The molecule has 1 aliphatic heterocycles. The van der Waals surface area contributed by atoms with E-state index in [-0.39, 0.29) is 17.6 Å². The van der Waals surface area contributed by atoms with Gasteiger partial charge in [-0.05, 0) is 25.0 Å². The average Bonchev–Trinajstić information content (AvgIpc) is 3.24. The summed E-state index contributed by atoms with van der Waals surface area (Å²) in [6, 6.07) is 11.1. The van der Waals surface area contributed by atoms with Crippen LogP contribution in [0.5, 0.6) is 0 Å². The molecule has 2 heterocycles. The van der Waals surface area contributed by atoms with Crippen molar-refractivity contribution in [2.75, 3.05) is 13.1 Å². The zero-order valence-electron chi connectivity index (χ0n) is 16.0. The summed E-state index contributed by atoms with van der Waals surface area (Å²) in [5.41, 5.74) is 0.962. The number of nitrogens with zero attached hydrogens (tertiary/aromatic N) is 2. The largest absolute Gasteiger partial charge is 0.411 e. The predicted molar refractivity (Wildman–Crippen MR) is 105 cm³/mol. The third-order valence-electron chi connectivity index (χ3n) is 6.06. The van der Waals surface area contributed by atoms with Gasteiger partial charge in [-0.3, -0.25) is 4.79 Å². The molecule has 1 saturated carbocycles. The fraction of sp³-hybridized carbons (Fsp3) is 0.455. The molecule has 6 nitrogen and oxygen atoms in total. The smallest absolute Gasteiger partial charge is 0.342 e. The molecule has 2 aromatic rings. The van der Waals surface area contributed by atoms with Crippen molar-refractivity contribution < 1.29 is 18.9 Å². The number of hydrogen-bond donors (Lipinski definition) is 1. The number of fused-ring (bicyclic) bond motifs is 1. The lowest BCUT2D eigenvalue weighted by Gasteiger charge is -2.29. The number of hydrogen-bond acceptors (Lipinski definition) is 4. The standard InChI is InChI=1S/C22H25N3O3/c26-20(23-17-9-2-1-3-10-17)22(28)25(14-6-7-15-25)21(27)19-13-12-16-8-4-5-11-18(16)24-19/h4-5,8,11-13,17H,1-3,6-7,9-10,14-15H2/p+1. The van der Waals surface area contributed by atoms with Gasteiger partial charge in [-0.1, -0.05) is 43.5 Å². The van der Waals surface area contributed by atoms with Gasteiger partial charge < -0.3 is 5.32 Å². The molecule has 0 bridgehead atoms. The Hall–Kier alpha value is -2.60. The molecule has 1 saturated heterocycles. The number of imide groups is 1. The molecule has 2 aliphatic rings. The Bertz CT molecular complexity index is 912. The SMILES string of the molecule is O=C(NC1CCCCC1)C(=O)[N+]1(C(=O)c2ccc3ccccc3n2)CCCC1. The minimum absolute atomic E-state index is 0.0433. The van der Waals surface area contributed by atoms with Gasteiger partial charge in [0.2, 0.25) is 0 Å². The molecule has 0 unspecified atom stereocenters. The minimum Gasteiger partial charge on any atom is -0.342 e. The van der Waals surface area contributed by atoms with Crippen LogP contribution < -0.4 is 5.32 Å². The second-order valence-corrected chi connectivity index (χ2v) is 7.93. The van der Waals surface area contributed by atoms with Crippen LogP contribution in [0.15, 0.2) is 36.4 Å². The third kappa shape index (κ3) is 3.44. The molecular formula is C22H26N3O3+. The molecule has 0 radical (unpaired) electrons. The van der Waals surface area contributed by atoms with Crippen LogP contribution in [0.25, 0.3) is 10.9 Å². The van der Waals surface area contributed by atoms with E-state index in [4.69, 9.17) is 0 Å². The molecule has 1 N–H and O–H groups in total. The van der Waals surface area contributed by atoms with E-state index in [9.17, 15) is 14.4 Å².